The molecule has 2 aromatic carbocycles. The van der Waals surface area contributed by atoms with Gasteiger partial charge in [0, 0.05) is 11.1 Å². The smallest absolute Gasteiger partial charge is 0.258 e. The Hall–Kier alpha value is -2.88. The Kier molecular flexibility index (Phi) is 3.28. The summed E-state index contributed by atoms with van der Waals surface area (Å²) in [5.41, 5.74) is 9.27. The van der Waals surface area contributed by atoms with E-state index in [1.54, 1.807) is 12.3 Å². The van der Waals surface area contributed by atoms with Gasteiger partial charge in [0.15, 0.2) is 0 Å². The summed E-state index contributed by atoms with van der Waals surface area (Å²) >= 11 is 0. The number of carbonyl (C=O) groups is 1. The minimum atomic E-state index is -0.220. The fourth-order valence-corrected chi connectivity index (χ4v) is 2.33. The number of amides is 1. The van der Waals surface area contributed by atoms with Crippen molar-refractivity contribution in [2.24, 2.45) is 0 Å². The number of nitrogens with two attached hydrogens (primary N) is 1. The molecule has 4 heteroatoms. The maximum atomic E-state index is 12.4. The lowest BCUT2D eigenvalue weighted by molar-refractivity contribution is 0.102. The highest BCUT2D eigenvalue weighted by Crippen LogP contribution is 2.20. The zero-order chi connectivity index (χ0) is 14.8. The molecule has 4 nitrogen and oxygen atoms in total. The number of aromatic nitrogens is 1. The summed E-state index contributed by atoms with van der Waals surface area (Å²) in [7, 11) is 0. The highest BCUT2D eigenvalue weighted by atomic mass is 16.1. The average molecular weight is 277 g/mol. The fourth-order valence-electron chi connectivity index (χ4n) is 2.33. The minimum absolute atomic E-state index is 0.220. The molecule has 1 aromatic heterocycles. The van der Waals surface area contributed by atoms with Crippen LogP contribution in [0.3, 0.4) is 0 Å². The number of benzene rings is 2. The van der Waals surface area contributed by atoms with Crippen molar-refractivity contribution < 1.29 is 4.79 Å². The van der Waals surface area contributed by atoms with E-state index >= 15 is 0 Å². The van der Waals surface area contributed by atoms with Crippen molar-refractivity contribution in [1.29, 1.82) is 0 Å². The number of pyridine rings is 1. The van der Waals surface area contributed by atoms with Crippen LogP contribution >= 0.6 is 0 Å². The third kappa shape index (κ3) is 2.56. The summed E-state index contributed by atoms with van der Waals surface area (Å²) in [6, 6.07) is 15.1. The lowest BCUT2D eigenvalue weighted by atomic mass is 10.1. The zero-order valence-electron chi connectivity index (χ0n) is 11.6. The highest BCUT2D eigenvalue weighted by Gasteiger charge is 2.13. The Bertz CT molecular complexity index is 807. The molecule has 0 aliphatic carbocycles. The van der Waals surface area contributed by atoms with Crippen molar-refractivity contribution in [3.05, 3.63) is 65.9 Å². The van der Waals surface area contributed by atoms with Gasteiger partial charge in [0.2, 0.25) is 0 Å². The number of nitrogen functional groups attached to an aromatic ring is 1. The van der Waals surface area contributed by atoms with Crippen LogP contribution in [0.2, 0.25) is 0 Å². The molecule has 0 aliphatic rings. The molecule has 104 valence electrons. The first-order chi connectivity index (χ1) is 10.1. The molecule has 0 saturated carbocycles. The third-order valence-electron chi connectivity index (χ3n) is 3.38. The van der Waals surface area contributed by atoms with Crippen molar-refractivity contribution >= 4 is 28.2 Å². The molecule has 1 amide bonds. The maximum absolute atomic E-state index is 12.4. The predicted molar refractivity (Wildman–Crippen MR) is 85.3 cm³/mol. The van der Waals surface area contributed by atoms with Crippen molar-refractivity contribution in [1.82, 2.24) is 4.98 Å². The molecule has 3 aromatic rings. The molecule has 0 spiro atoms. The van der Waals surface area contributed by atoms with E-state index in [1.807, 2.05) is 49.4 Å². The maximum Gasteiger partial charge on any atom is 0.258 e. The number of hydrogen-bond acceptors (Lipinski definition) is 3. The van der Waals surface area contributed by atoms with E-state index in [1.165, 1.54) is 0 Å². The molecule has 0 fully saturated rings. The van der Waals surface area contributed by atoms with Crippen LogP contribution in [0.15, 0.2) is 54.7 Å². The van der Waals surface area contributed by atoms with E-state index in [2.05, 4.69) is 10.3 Å². The second-order valence-corrected chi connectivity index (χ2v) is 4.91. The Morgan fingerprint density at radius 1 is 1.14 bits per heavy atom. The van der Waals surface area contributed by atoms with E-state index < -0.39 is 0 Å². The number of aryl methyl sites for hydroxylation is 1. The number of fused-ring (bicyclic) bond motifs is 1. The lowest BCUT2D eigenvalue weighted by Crippen LogP contribution is -2.15. The van der Waals surface area contributed by atoms with Crippen LogP contribution in [0.5, 0.6) is 0 Å². The quantitative estimate of drug-likeness (QED) is 0.706. The first kappa shape index (κ1) is 13.1. The molecule has 3 rings (SSSR count). The topological polar surface area (TPSA) is 68.0 Å². The van der Waals surface area contributed by atoms with Gasteiger partial charge in [0.1, 0.15) is 0 Å². The number of nitrogens with one attached hydrogen (secondary N) is 1. The Morgan fingerprint density at radius 2 is 1.95 bits per heavy atom. The van der Waals surface area contributed by atoms with Gasteiger partial charge in [-0.3, -0.25) is 9.78 Å². The Balaban J connectivity index is 1.93. The van der Waals surface area contributed by atoms with Gasteiger partial charge in [-0.05, 0) is 30.7 Å². The molecule has 0 unspecified atom stereocenters. The molecule has 0 aliphatic heterocycles. The standard InChI is InChI=1S/C17H15N3O/c1-11-5-4-7-14(18)16(11)17(21)20-13-9-12-6-2-3-8-15(12)19-10-13/h2-10H,18H2,1H3,(H,20,21). The van der Waals surface area contributed by atoms with Gasteiger partial charge in [-0.1, -0.05) is 30.3 Å². The van der Waals surface area contributed by atoms with Crippen LogP contribution in [-0.2, 0) is 0 Å². The number of rotatable bonds is 2. The average Bonchev–Trinajstić information content (AvgIpc) is 2.47. The Labute approximate surface area is 122 Å². The fraction of sp³-hybridized carbons (Fsp3) is 0.0588. The van der Waals surface area contributed by atoms with Crippen LogP contribution < -0.4 is 11.1 Å². The summed E-state index contributed by atoms with van der Waals surface area (Å²) in [5.74, 6) is -0.220. The summed E-state index contributed by atoms with van der Waals surface area (Å²) in [6.45, 7) is 1.86. The summed E-state index contributed by atoms with van der Waals surface area (Å²) in [4.78, 5) is 16.7. The van der Waals surface area contributed by atoms with Crippen LogP contribution in [-0.4, -0.2) is 10.9 Å². The van der Waals surface area contributed by atoms with Gasteiger partial charge in [-0.2, -0.15) is 0 Å². The molecule has 0 saturated heterocycles. The first-order valence-electron chi connectivity index (χ1n) is 6.66. The minimum Gasteiger partial charge on any atom is -0.398 e. The monoisotopic (exact) mass is 277 g/mol. The van der Waals surface area contributed by atoms with E-state index in [0.29, 0.717) is 16.9 Å². The SMILES string of the molecule is Cc1cccc(N)c1C(=O)Nc1cnc2ccccc2c1. The molecule has 21 heavy (non-hydrogen) atoms. The van der Waals surface area contributed by atoms with Gasteiger partial charge < -0.3 is 11.1 Å². The number of nitrogens with zero attached hydrogens (tertiary/aromatic N) is 1. The molecule has 0 bridgehead atoms. The molecule has 0 atom stereocenters. The molecular formula is C17H15N3O. The van der Waals surface area contributed by atoms with Crippen LogP contribution in [0.25, 0.3) is 10.9 Å². The Morgan fingerprint density at radius 3 is 2.76 bits per heavy atom. The first-order valence-corrected chi connectivity index (χ1v) is 6.66. The molecule has 3 N–H and O–H groups in total. The second kappa shape index (κ2) is 5.25. The normalized spacial score (nSPS) is 10.5. The summed E-state index contributed by atoms with van der Waals surface area (Å²) in [5, 5.41) is 3.83. The number of carbonyl (C=O) groups excluding carboxylic acids is 1. The van der Waals surface area contributed by atoms with Gasteiger partial charge in [0.25, 0.3) is 5.91 Å². The second-order valence-electron chi connectivity index (χ2n) is 4.91. The molecular weight excluding hydrogens is 262 g/mol. The lowest BCUT2D eigenvalue weighted by Gasteiger charge is -2.10. The van der Waals surface area contributed by atoms with Crippen LogP contribution in [0.1, 0.15) is 15.9 Å². The predicted octanol–water partition coefficient (Wildman–Crippen LogP) is 3.38. The number of anilines is 2. The summed E-state index contributed by atoms with van der Waals surface area (Å²) < 4.78 is 0. The van der Waals surface area contributed by atoms with E-state index in [9.17, 15) is 4.79 Å². The van der Waals surface area contributed by atoms with E-state index in [0.717, 1.165) is 16.5 Å². The van der Waals surface area contributed by atoms with Gasteiger partial charge in [-0.25, -0.2) is 0 Å². The van der Waals surface area contributed by atoms with Gasteiger partial charge >= 0.3 is 0 Å². The van der Waals surface area contributed by atoms with Crippen molar-refractivity contribution in [3.63, 3.8) is 0 Å². The zero-order valence-corrected chi connectivity index (χ0v) is 11.6. The van der Waals surface area contributed by atoms with Crippen molar-refractivity contribution in [2.75, 3.05) is 11.1 Å². The highest BCUT2D eigenvalue weighted by molar-refractivity contribution is 6.09. The van der Waals surface area contributed by atoms with E-state index in [4.69, 9.17) is 5.73 Å². The number of para-hydroxylation sites is 1. The molecule has 1 heterocycles. The van der Waals surface area contributed by atoms with Gasteiger partial charge in [0.05, 0.1) is 23.0 Å². The number of hydrogen-bond donors (Lipinski definition) is 2. The van der Waals surface area contributed by atoms with Crippen LogP contribution in [0.4, 0.5) is 11.4 Å². The molecule has 0 radical (unpaired) electrons. The van der Waals surface area contributed by atoms with E-state index in [-0.39, 0.29) is 5.91 Å². The largest absolute Gasteiger partial charge is 0.398 e. The van der Waals surface area contributed by atoms with Crippen molar-refractivity contribution in [3.8, 4) is 0 Å². The van der Waals surface area contributed by atoms with Crippen molar-refractivity contribution in [2.45, 2.75) is 6.92 Å². The summed E-state index contributed by atoms with van der Waals surface area (Å²) in [6.07, 6.45) is 1.65. The third-order valence-corrected chi connectivity index (χ3v) is 3.38. The van der Waals surface area contributed by atoms with Gasteiger partial charge in [-0.15, -0.1) is 0 Å². The van der Waals surface area contributed by atoms with Crippen LogP contribution in [0, 0.1) is 6.92 Å².